The van der Waals surface area contributed by atoms with Crippen molar-refractivity contribution in [2.45, 2.75) is 7.43 Å². The molecule has 0 radical (unpaired) electrons. The van der Waals surface area contributed by atoms with E-state index in [2.05, 4.69) is 20.5 Å². The average molecular weight is 563 g/mol. The van der Waals surface area contributed by atoms with Crippen LogP contribution in [0.15, 0.2) is 36.4 Å². The number of carbonyl (C=O) groups is 2. The Balaban J connectivity index is 0.000000349. The van der Waals surface area contributed by atoms with Crippen molar-refractivity contribution in [3.63, 3.8) is 0 Å². The molecule has 0 bridgehead atoms. The Morgan fingerprint density at radius 1 is 0.925 bits per heavy atom. The molecule has 216 valence electrons. The van der Waals surface area contributed by atoms with Crippen LogP contribution in [0.25, 0.3) is 21.8 Å². The summed E-state index contributed by atoms with van der Waals surface area (Å²) in [5, 5.41) is 39.8. The van der Waals surface area contributed by atoms with Crippen LogP contribution in [0.2, 0.25) is 0 Å². The van der Waals surface area contributed by atoms with Crippen LogP contribution < -0.4 is 5.48 Å². The molecule has 4 aromatic rings. The Bertz CT molecular complexity index is 1530. The summed E-state index contributed by atoms with van der Waals surface area (Å²) in [6, 6.07) is 8.27. The molecule has 1 amide bonds. The monoisotopic (exact) mass is 562 g/mol. The SMILES string of the molecule is C.CNOC.CON(C)C(=O)c1nn(C)c2ccc([N+](=O)[O-])cc12.Cn1nc(C(=O)O)c2cc([N+](=O)[O-])ccc21. The topological polar surface area (TPSA) is 210 Å². The summed E-state index contributed by atoms with van der Waals surface area (Å²) in [5.41, 5.74) is 3.31. The van der Waals surface area contributed by atoms with Crippen LogP contribution in [0.4, 0.5) is 11.4 Å². The number of carbonyl (C=O) groups excluding carboxylic acids is 1. The highest BCUT2D eigenvalue weighted by Gasteiger charge is 2.22. The number of hydrogen-bond acceptors (Lipinski definition) is 11. The molecule has 2 aromatic heterocycles. The molecule has 2 aromatic carbocycles. The van der Waals surface area contributed by atoms with Gasteiger partial charge in [0.05, 0.1) is 35.1 Å². The third kappa shape index (κ3) is 7.31. The Morgan fingerprint density at radius 3 is 1.68 bits per heavy atom. The minimum absolute atomic E-state index is 0. The Morgan fingerprint density at radius 2 is 1.32 bits per heavy atom. The van der Waals surface area contributed by atoms with Gasteiger partial charge in [0.25, 0.3) is 17.3 Å². The zero-order chi connectivity index (χ0) is 29.4. The number of fused-ring (bicyclic) bond motifs is 2. The van der Waals surface area contributed by atoms with E-state index in [-0.39, 0.29) is 35.6 Å². The summed E-state index contributed by atoms with van der Waals surface area (Å²) in [5.74, 6) is -1.67. The molecule has 0 fully saturated rings. The number of carboxylic acid groups (broad SMARTS) is 1. The van der Waals surface area contributed by atoms with Gasteiger partial charge in [-0.2, -0.15) is 10.2 Å². The maximum Gasteiger partial charge on any atom is 0.357 e. The van der Waals surface area contributed by atoms with E-state index < -0.39 is 21.7 Å². The van der Waals surface area contributed by atoms with Gasteiger partial charge in [0, 0.05) is 63.2 Å². The highest BCUT2D eigenvalue weighted by Crippen LogP contribution is 2.25. The van der Waals surface area contributed by atoms with Crippen LogP contribution >= 0.6 is 0 Å². The van der Waals surface area contributed by atoms with Crippen LogP contribution in [0, 0.1) is 20.2 Å². The van der Waals surface area contributed by atoms with Crippen molar-refractivity contribution in [2.75, 3.05) is 28.3 Å². The maximum atomic E-state index is 12.0. The van der Waals surface area contributed by atoms with Crippen LogP contribution in [0.3, 0.4) is 0 Å². The van der Waals surface area contributed by atoms with Crippen molar-refractivity contribution in [2.24, 2.45) is 14.1 Å². The lowest BCUT2D eigenvalue weighted by atomic mass is 10.2. The largest absolute Gasteiger partial charge is 0.476 e. The average Bonchev–Trinajstić information content (AvgIpc) is 3.44. The van der Waals surface area contributed by atoms with Crippen LogP contribution in [0.5, 0.6) is 0 Å². The maximum absolute atomic E-state index is 12.0. The molecule has 17 nitrogen and oxygen atoms in total. The number of aryl methyl sites for hydroxylation is 2. The summed E-state index contributed by atoms with van der Waals surface area (Å²) >= 11 is 0. The van der Waals surface area contributed by atoms with Gasteiger partial charge in [-0.1, -0.05) is 7.43 Å². The smallest absolute Gasteiger partial charge is 0.357 e. The van der Waals surface area contributed by atoms with Gasteiger partial charge in [-0.15, -0.1) is 0 Å². The van der Waals surface area contributed by atoms with Crippen molar-refractivity contribution in [1.29, 1.82) is 0 Å². The van der Waals surface area contributed by atoms with Crippen molar-refractivity contribution in [3.05, 3.63) is 68.0 Å². The van der Waals surface area contributed by atoms with Gasteiger partial charge < -0.3 is 9.94 Å². The molecule has 0 saturated heterocycles. The number of aromatic carboxylic acids is 1. The van der Waals surface area contributed by atoms with Crippen molar-refractivity contribution in [3.8, 4) is 0 Å². The number of nitro groups is 2. The van der Waals surface area contributed by atoms with E-state index in [9.17, 15) is 29.8 Å². The number of rotatable bonds is 6. The molecule has 0 spiro atoms. The Hall–Kier alpha value is -5.00. The van der Waals surface area contributed by atoms with Crippen molar-refractivity contribution in [1.82, 2.24) is 30.1 Å². The first-order valence-corrected chi connectivity index (χ1v) is 10.8. The lowest BCUT2D eigenvalue weighted by Gasteiger charge is -2.11. The van der Waals surface area contributed by atoms with Gasteiger partial charge in [-0.05, 0) is 12.1 Å². The fourth-order valence-corrected chi connectivity index (χ4v) is 3.28. The zero-order valence-corrected chi connectivity index (χ0v) is 21.8. The summed E-state index contributed by atoms with van der Waals surface area (Å²) in [6.45, 7) is 0. The second kappa shape index (κ2) is 14.2. The fourth-order valence-electron chi connectivity index (χ4n) is 3.28. The quantitative estimate of drug-likeness (QED) is 0.257. The van der Waals surface area contributed by atoms with Crippen LogP contribution in [-0.2, 0) is 23.8 Å². The molecular formula is C23H30N8O9. The van der Waals surface area contributed by atoms with E-state index >= 15 is 0 Å². The lowest BCUT2D eigenvalue weighted by molar-refractivity contribution is -0.384. The number of nitro benzene ring substituents is 2. The summed E-state index contributed by atoms with van der Waals surface area (Å²) in [6.07, 6.45) is 0. The number of non-ortho nitro benzene ring substituents is 2. The van der Waals surface area contributed by atoms with Gasteiger partial charge in [-0.3, -0.25) is 39.2 Å². The Labute approximate surface area is 227 Å². The number of benzene rings is 2. The highest BCUT2D eigenvalue weighted by atomic mass is 16.7. The molecule has 40 heavy (non-hydrogen) atoms. The summed E-state index contributed by atoms with van der Waals surface area (Å²) in [4.78, 5) is 52.3. The van der Waals surface area contributed by atoms with Gasteiger partial charge in [0.2, 0.25) is 0 Å². The molecule has 0 unspecified atom stereocenters. The molecule has 0 saturated carbocycles. The standard InChI is InChI=1S/C11H12N4O4.C9H7N3O4.C2H7NO.CH4/c1-13-9-5-4-7(15(17)18)6-8(9)10(12-13)11(16)14(2)19-3;1-11-7-3-2-5(12(15)16)4-6(7)8(10-11)9(13)14;1-3-4-2;/h4-6H,1-3H3;2-4H,1H3,(H,13,14);3H,1-2H3;1H4. The number of nitrogens with zero attached hydrogens (tertiary/aromatic N) is 7. The van der Waals surface area contributed by atoms with Gasteiger partial charge in [-0.25, -0.2) is 15.3 Å². The number of nitrogens with one attached hydrogen (secondary N) is 1. The minimum atomic E-state index is -1.20. The molecule has 4 rings (SSSR count). The highest BCUT2D eigenvalue weighted by molar-refractivity contribution is 6.05. The van der Waals surface area contributed by atoms with E-state index in [1.54, 1.807) is 34.3 Å². The summed E-state index contributed by atoms with van der Waals surface area (Å²) < 4.78 is 2.87. The van der Waals surface area contributed by atoms with E-state index in [1.807, 2.05) is 0 Å². The fraction of sp³-hybridized carbons (Fsp3) is 0.304. The molecule has 0 atom stereocenters. The first kappa shape index (κ1) is 33.0. The number of hydroxylamine groups is 3. The van der Waals surface area contributed by atoms with E-state index in [1.165, 1.54) is 53.9 Å². The number of hydrogen-bond donors (Lipinski definition) is 2. The zero-order valence-electron chi connectivity index (χ0n) is 21.8. The first-order valence-electron chi connectivity index (χ1n) is 10.8. The second-order valence-corrected chi connectivity index (χ2v) is 7.56. The normalized spacial score (nSPS) is 10.1. The van der Waals surface area contributed by atoms with E-state index in [4.69, 9.17) is 9.94 Å². The second-order valence-electron chi connectivity index (χ2n) is 7.56. The number of aromatic nitrogens is 4. The predicted octanol–water partition coefficient (Wildman–Crippen LogP) is 2.70. The van der Waals surface area contributed by atoms with Crippen molar-refractivity contribution < 1.29 is 34.2 Å². The minimum Gasteiger partial charge on any atom is -0.476 e. The molecule has 0 aliphatic rings. The van der Waals surface area contributed by atoms with Crippen LogP contribution in [0.1, 0.15) is 28.4 Å². The number of carboxylic acids is 1. The van der Waals surface area contributed by atoms with Crippen molar-refractivity contribution >= 4 is 45.1 Å². The molecular weight excluding hydrogens is 532 g/mol. The molecule has 2 heterocycles. The van der Waals surface area contributed by atoms with Crippen LogP contribution in [-0.4, -0.2) is 79.8 Å². The third-order valence-corrected chi connectivity index (χ3v) is 5.26. The van der Waals surface area contributed by atoms with Gasteiger partial charge in [0.15, 0.2) is 11.4 Å². The predicted molar refractivity (Wildman–Crippen MR) is 144 cm³/mol. The lowest BCUT2D eigenvalue weighted by Crippen LogP contribution is -2.26. The van der Waals surface area contributed by atoms with Gasteiger partial charge in [0.1, 0.15) is 0 Å². The van der Waals surface area contributed by atoms with E-state index in [0.717, 1.165) is 5.06 Å². The first-order chi connectivity index (χ1) is 18.4. The molecule has 17 heteroatoms. The molecule has 0 aliphatic heterocycles. The summed E-state index contributed by atoms with van der Waals surface area (Å²) in [7, 11) is 9.32. The third-order valence-electron chi connectivity index (χ3n) is 5.26. The number of amides is 1. The van der Waals surface area contributed by atoms with E-state index in [0.29, 0.717) is 16.4 Å². The molecule has 0 aliphatic carbocycles. The van der Waals surface area contributed by atoms with Gasteiger partial charge >= 0.3 is 5.97 Å². The Kier molecular flexibility index (Phi) is 11.8. The molecule has 2 N–H and O–H groups in total.